The molecule has 4 aliphatic carbocycles. The van der Waals surface area contributed by atoms with E-state index in [-0.39, 0.29) is 24.2 Å². The van der Waals surface area contributed by atoms with Gasteiger partial charge < -0.3 is 35.7 Å². The summed E-state index contributed by atoms with van der Waals surface area (Å²) < 4.78 is 0. The number of aliphatic hydroxyl groups excluding tert-OH is 4. The first-order valence-electron chi connectivity index (χ1n) is 13.1. The van der Waals surface area contributed by atoms with Gasteiger partial charge in [-0.1, -0.05) is 19.9 Å². The van der Waals surface area contributed by atoms with Crippen molar-refractivity contribution in [2.45, 2.75) is 127 Å². The molecule has 0 radical (unpaired) electrons. The van der Waals surface area contributed by atoms with Gasteiger partial charge in [0.2, 0.25) is 0 Å². The summed E-state index contributed by atoms with van der Waals surface area (Å²) >= 11 is 0. The zero-order valence-corrected chi connectivity index (χ0v) is 21.4. The van der Waals surface area contributed by atoms with Gasteiger partial charge in [0.05, 0.1) is 41.2 Å². The van der Waals surface area contributed by atoms with Crippen molar-refractivity contribution in [3.8, 4) is 0 Å². The van der Waals surface area contributed by atoms with Crippen molar-refractivity contribution in [1.29, 1.82) is 0 Å². The third kappa shape index (κ3) is 3.82. The Morgan fingerprint density at radius 2 is 1.68 bits per heavy atom. The van der Waals surface area contributed by atoms with Crippen molar-refractivity contribution >= 4 is 0 Å². The summed E-state index contributed by atoms with van der Waals surface area (Å²) in [5.41, 5.74) is -3.93. The van der Waals surface area contributed by atoms with Crippen molar-refractivity contribution in [3.63, 3.8) is 0 Å². The van der Waals surface area contributed by atoms with Crippen LogP contribution in [0, 0.1) is 28.6 Å². The summed E-state index contributed by atoms with van der Waals surface area (Å²) in [6.45, 7) is 9.08. The Labute approximate surface area is 203 Å². The largest absolute Gasteiger partial charge is 0.390 e. The van der Waals surface area contributed by atoms with E-state index in [0.29, 0.717) is 38.5 Å². The molecule has 0 aromatic rings. The van der Waals surface area contributed by atoms with Gasteiger partial charge in [-0.25, -0.2) is 0 Å². The Bertz CT molecular complexity index is 818. The fourth-order valence-corrected chi connectivity index (χ4v) is 8.53. The highest BCUT2D eigenvalue weighted by atomic mass is 16.3. The Morgan fingerprint density at radius 3 is 2.29 bits per heavy atom. The van der Waals surface area contributed by atoms with E-state index in [9.17, 15) is 35.7 Å². The highest BCUT2D eigenvalue weighted by Crippen LogP contribution is 2.69. The molecule has 34 heavy (non-hydrogen) atoms. The molecule has 0 aromatic carbocycles. The van der Waals surface area contributed by atoms with Gasteiger partial charge >= 0.3 is 0 Å². The predicted molar refractivity (Wildman–Crippen MR) is 128 cm³/mol. The zero-order chi connectivity index (χ0) is 25.5. The van der Waals surface area contributed by atoms with Gasteiger partial charge in [-0.05, 0) is 101 Å². The second-order valence-electron chi connectivity index (χ2n) is 13.4. The van der Waals surface area contributed by atoms with E-state index in [4.69, 9.17) is 0 Å². The highest BCUT2D eigenvalue weighted by molar-refractivity contribution is 5.37. The minimum Gasteiger partial charge on any atom is -0.390 e. The molecule has 2 unspecified atom stereocenters. The van der Waals surface area contributed by atoms with E-state index in [0.717, 1.165) is 12.0 Å². The summed E-state index contributed by atoms with van der Waals surface area (Å²) in [6, 6.07) is 0. The van der Waals surface area contributed by atoms with Crippen LogP contribution in [0.4, 0.5) is 0 Å². The van der Waals surface area contributed by atoms with Crippen molar-refractivity contribution < 1.29 is 35.7 Å². The zero-order valence-electron chi connectivity index (χ0n) is 21.4. The number of rotatable bonds is 5. The van der Waals surface area contributed by atoms with Gasteiger partial charge in [0.15, 0.2) is 0 Å². The van der Waals surface area contributed by atoms with E-state index in [1.165, 1.54) is 0 Å². The van der Waals surface area contributed by atoms with Gasteiger partial charge in [-0.2, -0.15) is 0 Å². The fraction of sp³-hybridized carbons (Fsp3) is 0.926. The lowest BCUT2D eigenvalue weighted by molar-refractivity contribution is -0.181. The van der Waals surface area contributed by atoms with E-state index in [1.807, 2.05) is 6.92 Å². The normalized spacial score (nSPS) is 49.4. The predicted octanol–water partition coefficient (Wildman–Crippen LogP) is 1.65. The van der Waals surface area contributed by atoms with Gasteiger partial charge in [0.25, 0.3) is 0 Å². The first kappa shape index (κ1) is 26.5. The van der Waals surface area contributed by atoms with E-state index >= 15 is 0 Å². The van der Waals surface area contributed by atoms with Crippen molar-refractivity contribution in [3.05, 3.63) is 11.6 Å². The fourth-order valence-electron chi connectivity index (χ4n) is 8.53. The van der Waals surface area contributed by atoms with E-state index in [2.05, 4.69) is 6.92 Å². The molecular formula is C27H46O7. The van der Waals surface area contributed by atoms with Crippen LogP contribution in [-0.4, -0.2) is 77.0 Å². The minimum atomic E-state index is -1.44. The number of hydrogen-bond acceptors (Lipinski definition) is 7. The van der Waals surface area contributed by atoms with Crippen LogP contribution in [0.5, 0.6) is 0 Å². The summed E-state index contributed by atoms with van der Waals surface area (Å²) in [4.78, 5) is 0. The SMILES string of the molecule is CC(C)(O)CC[C@@H](O)[C@@](C)(O)C1CC[C@@]2(O)C3=C[C@H](O)[C@@H]4C[C@@H](O)[C@@H](O)C[C@]4(C)C3CC[C@]12C. The molecule has 0 saturated heterocycles. The second kappa shape index (κ2) is 8.23. The number of aliphatic hydroxyl groups is 7. The van der Waals surface area contributed by atoms with E-state index < -0.39 is 52.0 Å². The lowest BCUT2D eigenvalue weighted by atomic mass is 9.45. The second-order valence-corrected chi connectivity index (χ2v) is 13.4. The molecule has 196 valence electrons. The average molecular weight is 483 g/mol. The summed E-state index contributed by atoms with van der Waals surface area (Å²) in [6.07, 6.45) is 1.94. The molecule has 0 bridgehead atoms. The summed E-state index contributed by atoms with van der Waals surface area (Å²) in [5.74, 6) is -0.563. The van der Waals surface area contributed by atoms with Gasteiger partial charge in [-0.15, -0.1) is 0 Å². The molecule has 0 aromatic heterocycles. The van der Waals surface area contributed by atoms with Crippen LogP contribution in [0.1, 0.15) is 86.0 Å². The first-order chi connectivity index (χ1) is 15.5. The monoisotopic (exact) mass is 482 g/mol. The van der Waals surface area contributed by atoms with Crippen LogP contribution in [0.3, 0.4) is 0 Å². The number of hydrogen-bond donors (Lipinski definition) is 7. The quantitative estimate of drug-likeness (QED) is 0.295. The maximum Gasteiger partial charge on any atom is 0.0917 e. The lowest BCUT2D eigenvalue weighted by Crippen LogP contribution is -2.63. The molecule has 7 nitrogen and oxygen atoms in total. The van der Waals surface area contributed by atoms with Gasteiger partial charge in [0, 0.05) is 5.41 Å². The van der Waals surface area contributed by atoms with E-state index in [1.54, 1.807) is 26.8 Å². The van der Waals surface area contributed by atoms with Gasteiger partial charge in [0.1, 0.15) is 0 Å². The maximum absolute atomic E-state index is 12.3. The maximum atomic E-state index is 12.3. The molecule has 3 fully saturated rings. The molecule has 4 aliphatic rings. The van der Waals surface area contributed by atoms with Crippen LogP contribution >= 0.6 is 0 Å². The molecule has 4 rings (SSSR count). The Kier molecular flexibility index (Phi) is 6.42. The standard InChI is InChI=1S/C27H46O7/c1-23(2,32)9-8-22(31)26(5,33)21-7-11-27(34)16-12-18(28)17-13-19(29)20(30)14-24(17,3)15(16)6-10-25(21,27)4/h12,15,17-22,28-34H,6-11,13-14H2,1-5H3/t15?,17-,18-,19+,20-,21?,22+,24+,25+,26-,27+/m0/s1. The highest BCUT2D eigenvalue weighted by Gasteiger charge is 2.69. The van der Waals surface area contributed by atoms with Crippen molar-refractivity contribution in [1.82, 2.24) is 0 Å². The Hall–Kier alpha value is -0.540. The summed E-state index contributed by atoms with van der Waals surface area (Å²) in [7, 11) is 0. The lowest BCUT2D eigenvalue weighted by Gasteiger charge is -2.62. The molecule has 0 amide bonds. The van der Waals surface area contributed by atoms with Crippen LogP contribution in [-0.2, 0) is 0 Å². The smallest absolute Gasteiger partial charge is 0.0917 e. The van der Waals surface area contributed by atoms with Crippen LogP contribution in [0.25, 0.3) is 0 Å². The molecule has 11 atom stereocenters. The van der Waals surface area contributed by atoms with Gasteiger partial charge in [-0.3, -0.25) is 0 Å². The summed E-state index contributed by atoms with van der Waals surface area (Å²) in [5, 5.41) is 76.7. The Morgan fingerprint density at radius 1 is 1.03 bits per heavy atom. The average Bonchev–Trinajstić information content (AvgIpc) is 3.00. The molecule has 0 aliphatic heterocycles. The molecule has 0 spiro atoms. The molecule has 0 heterocycles. The third-order valence-corrected chi connectivity index (χ3v) is 10.7. The molecule has 7 heteroatoms. The molecule has 7 N–H and O–H groups in total. The molecule has 3 saturated carbocycles. The number of fused-ring (bicyclic) bond motifs is 5. The van der Waals surface area contributed by atoms with Crippen LogP contribution < -0.4 is 0 Å². The first-order valence-corrected chi connectivity index (χ1v) is 13.1. The third-order valence-electron chi connectivity index (χ3n) is 10.7. The van der Waals surface area contributed by atoms with Crippen molar-refractivity contribution in [2.75, 3.05) is 0 Å². The Balaban J connectivity index is 1.66. The topological polar surface area (TPSA) is 142 Å². The van der Waals surface area contributed by atoms with Crippen molar-refractivity contribution in [2.24, 2.45) is 28.6 Å². The van der Waals surface area contributed by atoms with Crippen LogP contribution in [0.15, 0.2) is 11.6 Å². The van der Waals surface area contributed by atoms with Crippen LogP contribution in [0.2, 0.25) is 0 Å². The minimum absolute atomic E-state index is 0.0232. The molecular weight excluding hydrogens is 436 g/mol.